The summed E-state index contributed by atoms with van der Waals surface area (Å²) in [4.78, 5) is 23.9. The predicted octanol–water partition coefficient (Wildman–Crippen LogP) is 0.501. The highest BCUT2D eigenvalue weighted by molar-refractivity contribution is 7.90. The molecule has 6 nitrogen and oxygen atoms in total. The molecule has 1 rings (SSSR count). The minimum Gasteiger partial charge on any atom is -0.478 e. The van der Waals surface area contributed by atoms with E-state index in [0.717, 1.165) is 6.26 Å². The Morgan fingerprint density at radius 2 is 1.63 bits per heavy atom. The van der Waals surface area contributed by atoms with Gasteiger partial charge in [0.1, 0.15) is 9.84 Å². The molecule has 0 aliphatic heterocycles. The van der Waals surface area contributed by atoms with Gasteiger partial charge in [0.2, 0.25) is 0 Å². The molecular weight excluding hydrogens is 270 g/mol. The number of hydrogen-bond acceptors (Lipinski definition) is 4. The van der Waals surface area contributed by atoms with Crippen molar-refractivity contribution in [2.75, 3.05) is 25.6 Å². The molecule has 104 valence electrons. The number of benzene rings is 1. The van der Waals surface area contributed by atoms with Crippen LogP contribution in [0.3, 0.4) is 0 Å². The lowest BCUT2D eigenvalue weighted by atomic mass is 10.1. The van der Waals surface area contributed by atoms with Gasteiger partial charge in [0.05, 0.1) is 11.3 Å². The first-order chi connectivity index (χ1) is 8.70. The molecule has 0 spiro atoms. The molecule has 0 aromatic heterocycles. The number of nitrogens with zero attached hydrogens (tertiary/aromatic N) is 1. The largest absolute Gasteiger partial charge is 0.478 e. The molecule has 0 atom stereocenters. The van der Waals surface area contributed by atoms with Gasteiger partial charge in [-0.1, -0.05) is 0 Å². The van der Waals surface area contributed by atoms with Crippen LogP contribution in [0.1, 0.15) is 20.7 Å². The molecule has 0 radical (unpaired) electrons. The van der Waals surface area contributed by atoms with E-state index in [0.29, 0.717) is 5.56 Å². The van der Waals surface area contributed by atoms with Crippen LogP contribution < -0.4 is 0 Å². The highest BCUT2D eigenvalue weighted by Gasteiger charge is 2.14. The minimum absolute atomic E-state index is 0.0929. The summed E-state index contributed by atoms with van der Waals surface area (Å²) in [7, 11) is -1.63. The SMILES string of the molecule is CN(CCS(C)(=O)=O)C(=O)c1ccc(C(=O)O)cc1. The monoisotopic (exact) mass is 285 g/mol. The number of sulfone groups is 1. The van der Waals surface area contributed by atoms with Crippen molar-refractivity contribution in [3.63, 3.8) is 0 Å². The van der Waals surface area contributed by atoms with Crippen molar-refractivity contribution in [2.24, 2.45) is 0 Å². The molecule has 1 aromatic carbocycles. The van der Waals surface area contributed by atoms with Crippen LogP contribution >= 0.6 is 0 Å². The number of carbonyl (C=O) groups is 2. The minimum atomic E-state index is -3.12. The molecule has 19 heavy (non-hydrogen) atoms. The number of rotatable bonds is 5. The van der Waals surface area contributed by atoms with Gasteiger partial charge in [-0.15, -0.1) is 0 Å². The Bertz CT molecular complexity index is 577. The maximum atomic E-state index is 11.9. The van der Waals surface area contributed by atoms with Crippen LogP contribution in [0.4, 0.5) is 0 Å². The first kappa shape index (κ1) is 15.2. The third kappa shape index (κ3) is 4.70. The first-order valence-electron chi connectivity index (χ1n) is 5.47. The second-order valence-electron chi connectivity index (χ2n) is 4.24. The molecule has 7 heteroatoms. The average Bonchev–Trinajstić information content (AvgIpc) is 2.34. The van der Waals surface area contributed by atoms with E-state index in [1.54, 1.807) is 0 Å². The Balaban J connectivity index is 2.74. The van der Waals surface area contributed by atoms with Gasteiger partial charge >= 0.3 is 5.97 Å². The highest BCUT2D eigenvalue weighted by Crippen LogP contribution is 2.07. The number of hydrogen-bond donors (Lipinski definition) is 1. The van der Waals surface area contributed by atoms with E-state index in [1.165, 1.54) is 36.2 Å². The summed E-state index contributed by atoms with van der Waals surface area (Å²) in [5.74, 6) is -1.52. The summed E-state index contributed by atoms with van der Waals surface area (Å²) in [5.41, 5.74) is 0.413. The summed E-state index contributed by atoms with van der Waals surface area (Å²) in [5, 5.41) is 8.74. The normalized spacial score (nSPS) is 11.1. The number of carboxylic acid groups (broad SMARTS) is 1. The molecule has 0 bridgehead atoms. The number of carboxylic acids is 1. The van der Waals surface area contributed by atoms with Crippen molar-refractivity contribution < 1.29 is 23.1 Å². The molecule has 0 unspecified atom stereocenters. The molecule has 0 aliphatic carbocycles. The van der Waals surface area contributed by atoms with Gasteiger partial charge < -0.3 is 10.0 Å². The number of carbonyl (C=O) groups excluding carboxylic acids is 1. The summed E-state index contributed by atoms with van der Waals surface area (Å²) < 4.78 is 22.0. The van der Waals surface area contributed by atoms with Crippen molar-refractivity contribution in [3.05, 3.63) is 35.4 Å². The Kier molecular flexibility index (Phi) is 4.66. The fourth-order valence-electron chi connectivity index (χ4n) is 1.38. The lowest BCUT2D eigenvalue weighted by molar-refractivity contribution is 0.0695. The van der Waals surface area contributed by atoms with E-state index in [9.17, 15) is 18.0 Å². The molecule has 1 amide bonds. The maximum Gasteiger partial charge on any atom is 0.335 e. The molecule has 0 saturated heterocycles. The van der Waals surface area contributed by atoms with Crippen molar-refractivity contribution in [2.45, 2.75) is 0 Å². The Morgan fingerprint density at radius 1 is 1.16 bits per heavy atom. The van der Waals surface area contributed by atoms with E-state index < -0.39 is 15.8 Å². The van der Waals surface area contributed by atoms with Gasteiger partial charge in [0.15, 0.2) is 0 Å². The van der Waals surface area contributed by atoms with Gasteiger partial charge in [-0.3, -0.25) is 4.79 Å². The van der Waals surface area contributed by atoms with Gasteiger partial charge in [-0.25, -0.2) is 13.2 Å². The zero-order valence-corrected chi connectivity index (χ0v) is 11.5. The van der Waals surface area contributed by atoms with Crippen molar-refractivity contribution in [3.8, 4) is 0 Å². The van der Waals surface area contributed by atoms with Crippen LogP contribution in [0.25, 0.3) is 0 Å². The quantitative estimate of drug-likeness (QED) is 0.850. The Labute approximate surface area is 111 Å². The zero-order chi connectivity index (χ0) is 14.6. The fourth-order valence-corrected chi connectivity index (χ4v) is 1.99. The van der Waals surface area contributed by atoms with Crippen molar-refractivity contribution in [1.29, 1.82) is 0 Å². The standard InChI is InChI=1S/C12H15NO5S/c1-13(7-8-19(2,17)18)11(14)9-3-5-10(6-4-9)12(15)16/h3-6H,7-8H2,1-2H3,(H,15,16). The van der Waals surface area contributed by atoms with Gasteiger partial charge in [-0.05, 0) is 24.3 Å². The number of amides is 1. The van der Waals surface area contributed by atoms with Crippen LogP contribution in [-0.2, 0) is 9.84 Å². The predicted molar refractivity (Wildman–Crippen MR) is 70.1 cm³/mol. The van der Waals surface area contributed by atoms with E-state index in [4.69, 9.17) is 5.11 Å². The first-order valence-corrected chi connectivity index (χ1v) is 7.53. The average molecular weight is 285 g/mol. The molecule has 0 saturated carbocycles. The smallest absolute Gasteiger partial charge is 0.335 e. The highest BCUT2D eigenvalue weighted by atomic mass is 32.2. The summed E-state index contributed by atoms with van der Waals surface area (Å²) in [6.45, 7) is 0.0956. The zero-order valence-electron chi connectivity index (χ0n) is 10.7. The van der Waals surface area contributed by atoms with Gasteiger partial charge in [0, 0.05) is 25.4 Å². The second-order valence-corrected chi connectivity index (χ2v) is 6.50. The third-order valence-electron chi connectivity index (χ3n) is 2.52. The topological polar surface area (TPSA) is 91.8 Å². The van der Waals surface area contributed by atoms with E-state index in [2.05, 4.69) is 0 Å². The maximum absolute atomic E-state index is 11.9. The number of aromatic carboxylic acids is 1. The molecule has 0 aliphatic rings. The van der Waals surface area contributed by atoms with E-state index >= 15 is 0 Å². The molecule has 1 aromatic rings. The lowest BCUT2D eigenvalue weighted by Gasteiger charge is -2.16. The summed E-state index contributed by atoms with van der Waals surface area (Å²) >= 11 is 0. The van der Waals surface area contributed by atoms with Crippen molar-refractivity contribution in [1.82, 2.24) is 4.90 Å². The summed E-state index contributed by atoms with van der Waals surface area (Å²) in [6, 6.07) is 5.48. The van der Waals surface area contributed by atoms with E-state index in [1.807, 2.05) is 0 Å². The van der Waals surface area contributed by atoms with Crippen molar-refractivity contribution >= 4 is 21.7 Å². The van der Waals surface area contributed by atoms with Crippen LogP contribution in [0.2, 0.25) is 0 Å². The Hall–Kier alpha value is -1.89. The fraction of sp³-hybridized carbons (Fsp3) is 0.333. The van der Waals surface area contributed by atoms with Crippen LogP contribution in [0.15, 0.2) is 24.3 Å². The van der Waals surface area contributed by atoms with Gasteiger partial charge in [-0.2, -0.15) is 0 Å². The van der Waals surface area contributed by atoms with Crippen LogP contribution in [0, 0.1) is 0 Å². The van der Waals surface area contributed by atoms with Crippen LogP contribution in [-0.4, -0.2) is 55.9 Å². The third-order valence-corrected chi connectivity index (χ3v) is 3.45. The Morgan fingerprint density at radius 3 is 2.05 bits per heavy atom. The van der Waals surface area contributed by atoms with E-state index in [-0.39, 0.29) is 23.8 Å². The summed E-state index contributed by atoms with van der Waals surface area (Å²) in [6.07, 6.45) is 1.10. The molecule has 0 fully saturated rings. The van der Waals surface area contributed by atoms with Gasteiger partial charge in [0.25, 0.3) is 5.91 Å². The van der Waals surface area contributed by atoms with Crippen LogP contribution in [0.5, 0.6) is 0 Å². The molecular formula is C12H15NO5S. The molecule has 0 heterocycles. The lowest BCUT2D eigenvalue weighted by Crippen LogP contribution is -2.31. The second kappa shape index (κ2) is 5.83. The molecule has 1 N–H and O–H groups in total.